The van der Waals surface area contributed by atoms with E-state index in [0.717, 1.165) is 0 Å². The van der Waals surface area contributed by atoms with Crippen LogP contribution in [0.4, 0.5) is 0 Å². The summed E-state index contributed by atoms with van der Waals surface area (Å²) in [4.78, 5) is 0. The van der Waals surface area contributed by atoms with E-state index >= 15 is 0 Å². The number of hydrogen-bond donors (Lipinski definition) is 0. The van der Waals surface area contributed by atoms with E-state index in [1.165, 1.54) is 114 Å². The van der Waals surface area contributed by atoms with Gasteiger partial charge < -0.3 is 0 Å². The number of hydrogen-bond acceptors (Lipinski definition) is 0. The normalized spacial score (nSPS) is 18.1. The number of halogens is 2. The number of aryl methyl sites for hydroxylation is 4. The van der Waals surface area contributed by atoms with Gasteiger partial charge >= 0.3 is 412 Å². The summed E-state index contributed by atoms with van der Waals surface area (Å²) in [5.41, 5.74) is 23.0. The Kier molecular flexibility index (Phi) is 11.3. The molecule has 2 aliphatic carbocycles. The van der Waals surface area contributed by atoms with E-state index in [4.69, 9.17) is 0 Å². The SMILES string of the molecule is Cc1cc(C)cc(-c2c(C(C)(C)C)ccc3c2C=C(C(C)(C)C)[CH]3[Zr]([Cl])([Cl])([c]2cccc3c2[SiH2]c2ccccc2-3)[CH]2C(C(C)(C)C)=Cc3c2ccc(C(C)(C)C)c3-c2cc(C)cc(C)c2)c1. The summed E-state index contributed by atoms with van der Waals surface area (Å²) in [6.07, 6.45) is 5.16. The summed E-state index contributed by atoms with van der Waals surface area (Å²) in [6.45, 7) is 37.5. The Labute approximate surface area is 408 Å². The number of rotatable bonds is 5. The van der Waals surface area contributed by atoms with Crippen LogP contribution in [0.3, 0.4) is 0 Å². The van der Waals surface area contributed by atoms with Crippen molar-refractivity contribution >= 4 is 52.3 Å². The molecule has 1 aliphatic heterocycles. The van der Waals surface area contributed by atoms with Crippen LogP contribution < -0.4 is 13.6 Å². The van der Waals surface area contributed by atoms with Crippen LogP contribution in [-0.4, -0.2) is 9.52 Å². The molecule has 2 atom stereocenters. The van der Waals surface area contributed by atoms with Gasteiger partial charge in [0.2, 0.25) is 0 Å². The molecule has 0 nitrogen and oxygen atoms in total. The van der Waals surface area contributed by atoms with Gasteiger partial charge in [0.05, 0.1) is 0 Å². The van der Waals surface area contributed by atoms with Crippen molar-refractivity contribution in [3.8, 4) is 33.4 Å². The van der Waals surface area contributed by atoms with Gasteiger partial charge in [0.1, 0.15) is 0 Å². The van der Waals surface area contributed by atoms with Crippen LogP contribution in [0.1, 0.15) is 146 Å². The van der Waals surface area contributed by atoms with Gasteiger partial charge in [0, 0.05) is 0 Å². The molecule has 6 aromatic rings. The van der Waals surface area contributed by atoms with Gasteiger partial charge in [0.25, 0.3) is 0 Å². The van der Waals surface area contributed by atoms with E-state index in [1.807, 2.05) is 0 Å². The molecule has 0 saturated heterocycles. The molecule has 0 aromatic heterocycles. The molecule has 341 valence electrons. The maximum atomic E-state index is 9.69. The van der Waals surface area contributed by atoms with Crippen molar-refractivity contribution in [2.24, 2.45) is 10.8 Å². The van der Waals surface area contributed by atoms with Gasteiger partial charge in [-0.3, -0.25) is 0 Å². The molecule has 0 amide bonds. The molecular formula is C62H71Cl2SiZr. The Hall–Kier alpha value is -3.52. The van der Waals surface area contributed by atoms with Gasteiger partial charge in [-0.2, -0.15) is 0 Å². The fourth-order valence-corrected chi connectivity index (χ4v) is 40.9. The van der Waals surface area contributed by atoms with E-state index in [-0.39, 0.29) is 28.9 Å². The maximum absolute atomic E-state index is 9.69. The molecule has 0 saturated carbocycles. The Morgan fingerprint density at radius 3 is 1.27 bits per heavy atom. The summed E-state index contributed by atoms with van der Waals surface area (Å²) in [7, 11) is 18.4. The summed E-state index contributed by atoms with van der Waals surface area (Å²) in [5.74, 6) is 0. The second-order valence-electron chi connectivity index (χ2n) is 24.6. The Morgan fingerprint density at radius 1 is 0.455 bits per heavy atom. The number of benzene rings is 6. The van der Waals surface area contributed by atoms with Crippen LogP contribution in [0.5, 0.6) is 0 Å². The first-order chi connectivity index (χ1) is 30.6. The van der Waals surface area contributed by atoms with E-state index < -0.39 is 25.9 Å². The summed E-state index contributed by atoms with van der Waals surface area (Å²) in [5, 5.41) is 2.94. The van der Waals surface area contributed by atoms with E-state index in [2.05, 4.69) is 226 Å². The fraction of sp³-hybridized carbons (Fsp3) is 0.355. The van der Waals surface area contributed by atoms with Crippen molar-refractivity contribution in [3.63, 3.8) is 0 Å². The third kappa shape index (κ3) is 7.63. The minimum atomic E-state index is -5.92. The third-order valence-electron chi connectivity index (χ3n) is 15.2. The molecule has 4 heteroatoms. The van der Waals surface area contributed by atoms with Crippen molar-refractivity contribution < 1.29 is 16.4 Å². The molecule has 0 bridgehead atoms. The fourth-order valence-electron chi connectivity index (χ4n) is 12.5. The quantitative estimate of drug-likeness (QED) is 0.151. The monoisotopic (exact) mass is 1000 g/mol. The van der Waals surface area contributed by atoms with E-state index in [1.54, 1.807) is 0 Å². The minimum absolute atomic E-state index is 0.102. The molecule has 0 fully saturated rings. The van der Waals surface area contributed by atoms with Crippen LogP contribution in [0.2, 0.25) is 0 Å². The topological polar surface area (TPSA) is 0 Å². The standard InChI is InChI=1S/2C25H31.C12H9Si.2ClH.Zr/c2*1-16-11-17(2)13-19(12-16)23-21-15-20(24(3,4)5)14-18(21)9-10-22(23)25(6,7)8;1-3-7-11-9(5-1)10-6-2-4-8-12(10)13-11;;;/h2*9-15H,1-8H3;1-7H,13H2;2*1H;/q;;;;;+2/p-2. The Morgan fingerprint density at radius 2 is 0.864 bits per heavy atom. The second-order valence-corrected chi connectivity index (χ2v) is 47.0. The van der Waals surface area contributed by atoms with Crippen molar-refractivity contribution in [3.05, 3.63) is 170 Å². The molecule has 0 spiro atoms. The molecule has 66 heavy (non-hydrogen) atoms. The van der Waals surface area contributed by atoms with E-state index in [9.17, 15) is 17.0 Å². The average molecular weight is 1010 g/mol. The predicted octanol–water partition coefficient (Wildman–Crippen LogP) is 15.9. The summed E-state index contributed by atoms with van der Waals surface area (Å²) >= 11 is -5.92. The zero-order valence-electron chi connectivity index (χ0n) is 42.6. The van der Waals surface area contributed by atoms with Gasteiger partial charge in [0.15, 0.2) is 0 Å². The van der Waals surface area contributed by atoms with Crippen molar-refractivity contribution in [2.45, 2.75) is 129 Å². The zero-order chi connectivity index (χ0) is 47.9. The molecule has 0 radical (unpaired) electrons. The first-order valence-corrected chi connectivity index (χ1v) is 36.1. The molecule has 6 aromatic carbocycles. The zero-order valence-corrected chi connectivity index (χ0v) is 48.0. The molecule has 2 unspecified atom stereocenters. The molecule has 9 rings (SSSR count). The van der Waals surface area contributed by atoms with Gasteiger partial charge in [-0.1, -0.05) is 0 Å². The first kappa shape index (κ1) is 47.5. The van der Waals surface area contributed by atoms with Gasteiger partial charge in [-0.05, 0) is 0 Å². The third-order valence-corrected chi connectivity index (χ3v) is 37.7. The van der Waals surface area contributed by atoms with Gasteiger partial charge in [-0.25, -0.2) is 0 Å². The average Bonchev–Trinajstić information content (AvgIpc) is 3.91. The van der Waals surface area contributed by atoms with Crippen molar-refractivity contribution in [2.75, 3.05) is 0 Å². The Balaban J connectivity index is 1.47. The second kappa shape index (κ2) is 15.8. The number of allylic oxidation sites excluding steroid dienone is 2. The molecule has 0 N–H and O–H groups in total. The van der Waals surface area contributed by atoms with Crippen molar-refractivity contribution in [1.29, 1.82) is 0 Å². The van der Waals surface area contributed by atoms with Gasteiger partial charge in [-0.15, -0.1) is 0 Å². The van der Waals surface area contributed by atoms with Crippen molar-refractivity contribution in [1.82, 2.24) is 0 Å². The Bertz CT molecular complexity index is 2880. The first-order valence-electron chi connectivity index (χ1n) is 24.3. The van der Waals surface area contributed by atoms with Crippen LogP contribution in [0, 0.1) is 38.5 Å². The summed E-state index contributed by atoms with van der Waals surface area (Å²) in [6, 6.07) is 40.2. The molecular weight excluding hydrogens is 935 g/mol. The predicted molar refractivity (Wildman–Crippen MR) is 291 cm³/mol. The summed E-state index contributed by atoms with van der Waals surface area (Å²) < 4.78 is 0.893. The van der Waals surface area contributed by atoms with Crippen LogP contribution in [-0.2, 0) is 27.2 Å². The molecule has 1 heterocycles. The number of fused-ring (bicyclic) bond motifs is 5. The van der Waals surface area contributed by atoms with Crippen LogP contribution >= 0.6 is 17.0 Å². The van der Waals surface area contributed by atoms with Crippen LogP contribution in [0.25, 0.3) is 45.5 Å². The van der Waals surface area contributed by atoms with E-state index in [0.29, 0.717) is 0 Å². The van der Waals surface area contributed by atoms with Crippen LogP contribution in [0.15, 0.2) is 114 Å². The molecule has 3 aliphatic rings.